The minimum atomic E-state index is -4.19. The molecule has 0 spiro atoms. The summed E-state index contributed by atoms with van der Waals surface area (Å²) in [6.45, 7) is 0.517. The molecule has 11 nitrogen and oxygen atoms in total. The first kappa shape index (κ1) is 24.8. The van der Waals surface area contributed by atoms with Gasteiger partial charge in [0.15, 0.2) is 5.78 Å². The molecule has 0 bridgehead atoms. The fourth-order valence-corrected chi connectivity index (χ4v) is 3.66. The summed E-state index contributed by atoms with van der Waals surface area (Å²) in [5, 5.41) is 11.2. The fourth-order valence-electron chi connectivity index (χ4n) is 2.67. The van der Waals surface area contributed by atoms with Crippen molar-refractivity contribution in [1.82, 2.24) is 4.72 Å². The molecular formula is C20H23N3O8S. The molecule has 172 valence electrons. The lowest BCUT2D eigenvalue weighted by Gasteiger charge is -2.14. The molecule has 32 heavy (non-hydrogen) atoms. The van der Waals surface area contributed by atoms with Crippen molar-refractivity contribution in [2.45, 2.75) is 11.8 Å². The molecule has 0 aliphatic heterocycles. The molecule has 2 aromatic carbocycles. The molecule has 0 aliphatic carbocycles. The number of esters is 1. The Kier molecular flexibility index (Phi) is 8.27. The van der Waals surface area contributed by atoms with Gasteiger partial charge in [-0.1, -0.05) is 12.1 Å². The Morgan fingerprint density at radius 3 is 2.44 bits per heavy atom. The minimum absolute atomic E-state index is 0.0407. The number of para-hydroxylation sites is 1. The van der Waals surface area contributed by atoms with Crippen LogP contribution in [0.15, 0.2) is 47.4 Å². The number of nitro groups is 1. The summed E-state index contributed by atoms with van der Waals surface area (Å²) in [6, 6.07) is 10.0. The first-order chi connectivity index (χ1) is 15.0. The molecule has 0 saturated carbocycles. The van der Waals surface area contributed by atoms with Crippen LogP contribution in [0.1, 0.15) is 17.3 Å². The van der Waals surface area contributed by atoms with Crippen molar-refractivity contribution in [3.05, 3.63) is 58.1 Å². The molecule has 1 N–H and O–H groups in total. The van der Waals surface area contributed by atoms with E-state index >= 15 is 0 Å². The van der Waals surface area contributed by atoms with Crippen LogP contribution in [0.3, 0.4) is 0 Å². The van der Waals surface area contributed by atoms with E-state index in [0.29, 0.717) is 11.3 Å². The summed E-state index contributed by atoms with van der Waals surface area (Å²) in [7, 11) is -1.00. The number of hydrogen-bond acceptors (Lipinski definition) is 9. The van der Waals surface area contributed by atoms with Crippen LogP contribution in [-0.4, -0.2) is 58.9 Å². The van der Waals surface area contributed by atoms with Crippen molar-refractivity contribution >= 4 is 33.2 Å². The number of carbonyl (C=O) groups is 2. The lowest BCUT2D eigenvalue weighted by Crippen LogP contribution is -2.31. The zero-order valence-corrected chi connectivity index (χ0v) is 18.5. The Bertz CT molecular complexity index is 1120. The van der Waals surface area contributed by atoms with Gasteiger partial charge in [0.1, 0.15) is 31.2 Å². The third-order valence-corrected chi connectivity index (χ3v) is 5.61. The number of nitro benzene ring substituents is 1. The first-order valence-corrected chi connectivity index (χ1v) is 10.8. The highest BCUT2D eigenvalue weighted by molar-refractivity contribution is 7.89. The van der Waals surface area contributed by atoms with Gasteiger partial charge in [-0.2, -0.15) is 4.72 Å². The van der Waals surface area contributed by atoms with Gasteiger partial charge < -0.3 is 14.4 Å². The van der Waals surface area contributed by atoms with E-state index < -0.39 is 27.5 Å². The van der Waals surface area contributed by atoms with E-state index in [9.17, 15) is 28.1 Å². The van der Waals surface area contributed by atoms with Crippen LogP contribution in [0, 0.1) is 10.1 Å². The van der Waals surface area contributed by atoms with Crippen LogP contribution in [0.25, 0.3) is 0 Å². The van der Waals surface area contributed by atoms with Crippen molar-refractivity contribution in [1.29, 1.82) is 0 Å². The summed E-state index contributed by atoms with van der Waals surface area (Å²) in [5.74, 6) is -0.693. The summed E-state index contributed by atoms with van der Waals surface area (Å²) in [4.78, 5) is 35.1. The standard InChI is InChI=1S/C20H23N3O8S/c1-14(24)16-6-4-5-7-19(16)30-10-11-31-20(25)13-21-32(28,29)15-8-9-17(22(2)3)18(12-15)23(26)27/h4-9,12,21H,10-11,13H2,1-3H3. The third-order valence-electron chi connectivity index (χ3n) is 4.21. The quantitative estimate of drug-likeness (QED) is 0.172. The Labute approximate surface area is 185 Å². The van der Waals surface area contributed by atoms with E-state index in [1.54, 1.807) is 38.4 Å². The molecule has 0 heterocycles. The lowest BCUT2D eigenvalue weighted by molar-refractivity contribution is -0.384. The molecule has 0 unspecified atom stereocenters. The van der Waals surface area contributed by atoms with Gasteiger partial charge in [0.25, 0.3) is 5.69 Å². The number of Topliss-reactive ketones (excluding diaryl/α,β-unsaturated/α-hetero) is 1. The maximum atomic E-state index is 12.4. The number of benzene rings is 2. The van der Waals surface area contributed by atoms with Crippen LogP contribution in [0.4, 0.5) is 11.4 Å². The van der Waals surface area contributed by atoms with Gasteiger partial charge in [0, 0.05) is 20.2 Å². The largest absolute Gasteiger partial charge is 0.489 e. The van der Waals surface area contributed by atoms with Crippen LogP contribution in [-0.2, 0) is 19.6 Å². The number of nitrogens with one attached hydrogen (secondary N) is 1. The number of rotatable bonds is 11. The van der Waals surface area contributed by atoms with E-state index in [1.165, 1.54) is 24.0 Å². The maximum Gasteiger partial charge on any atom is 0.321 e. The predicted molar refractivity (Wildman–Crippen MR) is 116 cm³/mol. The highest BCUT2D eigenvalue weighted by Crippen LogP contribution is 2.29. The van der Waals surface area contributed by atoms with Crippen LogP contribution in [0.5, 0.6) is 5.75 Å². The Hall–Kier alpha value is -3.51. The molecule has 0 atom stereocenters. The Morgan fingerprint density at radius 2 is 1.81 bits per heavy atom. The average Bonchev–Trinajstić information content (AvgIpc) is 2.75. The van der Waals surface area contributed by atoms with Gasteiger partial charge in [-0.05, 0) is 31.2 Å². The van der Waals surface area contributed by atoms with Gasteiger partial charge in [0.2, 0.25) is 10.0 Å². The number of sulfonamides is 1. The Balaban J connectivity index is 1.90. The van der Waals surface area contributed by atoms with Crippen molar-refractivity contribution in [3.63, 3.8) is 0 Å². The van der Waals surface area contributed by atoms with E-state index in [2.05, 4.69) is 0 Å². The van der Waals surface area contributed by atoms with Crippen LogP contribution < -0.4 is 14.4 Å². The lowest BCUT2D eigenvalue weighted by atomic mass is 10.1. The monoisotopic (exact) mass is 465 g/mol. The van der Waals surface area contributed by atoms with E-state index in [4.69, 9.17) is 9.47 Å². The van der Waals surface area contributed by atoms with Gasteiger partial charge in [-0.3, -0.25) is 19.7 Å². The van der Waals surface area contributed by atoms with Crippen molar-refractivity contribution < 1.29 is 32.4 Å². The highest BCUT2D eigenvalue weighted by Gasteiger charge is 2.23. The van der Waals surface area contributed by atoms with Gasteiger partial charge in [-0.25, -0.2) is 8.42 Å². The molecule has 0 aromatic heterocycles. The maximum absolute atomic E-state index is 12.4. The summed E-state index contributed by atoms with van der Waals surface area (Å²) in [5.41, 5.74) is 0.240. The molecule has 0 aliphatic rings. The van der Waals surface area contributed by atoms with Crippen molar-refractivity contribution in [3.8, 4) is 5.75 Å². The van der Waals surface area contributed by atoms with E-state index in [-0.39, 0.29) is 35.3 Å². The second kappa shape index (κ2) is 10.7. The van der Waals surface area contributed by atoms with Gasteiger partial charge in [-0.15, -0.1) is 0 Å². The average molecular weight is 465 g/mol. The molecule has 2 aromatic rings. The van der Waals surface area contributed by atoms with Crippen molar-refractivity contribution in [2.75, 3.05) is 38.8 Å². The topological polar surface area (TPSA) is 145 Å². The third kappa shape index (κ3) is 6.49. The molecular weight excluding hydrogens is 442 g/mol. The summed E-state index contributed by atoms with van der Waals surface area (Å²) in [6.07, 6.45) is 0. The smallest absolute Gasteiger partial charge is 0.321 e. The zero-order valence-electron chi connectivity index (χ0n) is 17.7. The summed E-state index contributed by atoms with van der Waals surface area (Å²) >= 11 is 0. The molecule has 0 amide bonds. The zero-order chi connectivity index (χ0) is 23.9. The normalized spacial score (nSPS) is 11.0. The fraction of sp³-hybridized carbons (Fsp3) is 0.300. The number of carbonyl (C=O) groups excluding carboxylic acids is 2. The SMILES string of the molecule is CC(=O)c1ccccc1OCCOC(=O)CNS(=O)(=O)c1ccc(N(C)C)c([N+](=O)[O-])c1. The molecule has 2 rings (SSSR count). The number of ether oxygens (including phenoxy) is 2. The minimum Gasteiger partial charge on any atom is -0.489 e. The number of anilines is 1. The summed E-state index contributed by atoms with van der Waals surface area (Å²) < 4.78 is 37.2. The van der Waals surface area contributed by atoms with Gasteiger partial charge >= 0.3 is 5.97 Å². The molecule has 12 heteroatoms. The van der Waals surface area contributed by atoms with Crippen LogP contribution in [0.2, 0.25) is 0 Å². The number of ketones is 1. The van der Waals surface area contributed by atoms with Crippen LogP contribution >= 0.6 is 0 Å². The van der Waals surface area contributed by atoms with Gasteiger partial charge in [0.05, 0.1) is 15.4 Å². The van der Waals surface area contributed by atoms with E-state index in [1.807, 2.05) is 4.72 Å². The molecule has 0 fully saturated rings. The van der Waals surface area contributed by atoms with Crippen molar-refractivity contribution in [2.24, 2.45) is 0 Å². The number of hydrogen-bond donors (Lipinski definition) is 1. The molecule has 0 saturated heterocycles. The van der Waals surface area contributed by atoms with E-state index in [0.717, 1.165) is 6.07 Å². The molecule has 0 radical (unpaired) electrons. The second-order valence-electron chi connectivity index (χ2n) is 6.75. The Morgan fingerprint density at radius 1 is 1.12 bits per heavy atom. The highest BCUT2D eigenvalue weighted by atomic mass is 32.2. The predicted octanol–water partition coefficient (Wildman–Crippen LogP) is 1.76. The first-order valence-electron chi connectivity index (χ1n) is 9.36. The number of nitrogens with zero attached hydrogens (tertiary/aromatic N) is 2. The second-order valence-corrected chi connectivity index (χ2v) is 8.51.